The molecule has 0 aliphatic carbocycles. The van der Waals surface area contributed by atoms with Gasteiger partial charge >= 0.3 is 0 Å². The number of benzene rings is 2. The second kappa shape index (κ2) is 6.48. The van der Waals surface area contributed by atoms with Crippen molar-refractivity contribution in [3.05, 3.63) is 65.2 Å². The van der Waals surface area contributed by atoms with Gasteiger partial charge in [-0.2, -0.15) is 0 Å². The molecule has 0 unspecified atom stereocenters. The summed E-state index contributed by atoms with van der Waals surface area (Å²) >= 11 is 0. The molecule has 3 rings (SSSR count). The van der Waals surface area contributed by atoms with E-state index in [1.54, 1.807) is 25.3 Å². The zero-order valence-corrected chi connectivity index (χ0v) is 14.4. The molecule has 4 nitrogen and oxygen atoms in total. The molecule has 2 aromatic carbocycles. The lowest BCUT2D eigenvalue weighted by Crippen LogP contribution is -2.27. The van der Waals surface area contributed by atoms with Gasteiger partial charge in [0.2, 0.25) is 0 Å². The highest BCUT2D eigenvalue weighted by Crippen LogP contribution is 2.39. The highest BCUT2D eigenvalue weighted by atomic mass is 16.5. The van der Waals surface area contributed by atoms with Crippen molar-refractivity contribution in [2.45, 2.75) is 19.4 Å². The fraction of sp³-hybridized carbons (Fsp3) is 0.190. The first-order valence-corrected chi connectivity index (χ1v) is 8.00. The number of methoxy groups -OCH3 is 1. The summed E-state index contributed by atoms with van der Waals surface area (Å²) < 4.78 is 11.5. The van der Waals surface area contributed by atoms with Crippen molar-refractivity contribution in [3.8, 4) is 17.2 Å². The molecule has 0 fully saturated rings. The summed E-state index contributed by atoms with van der Waals surface area (Å²) in [5, 5.41) is 9.30. The van der Waals surface area contributed by atoms with Gasteiger partial charge in [-0.1, -0.05) is 0 Å². The summed E-state index contributed by atoms with van der Waals surface area (Å²) in [6.45, 7) is 3.98. The number of phenols is 1. The largest absolute Gasteiger partial charge is 0.508 e. The van der Waals surface area contributed by atoms with Crippen LogP contribution in [0.2, 0.25) is 0 Å². The second-order valence-electron chi connectivity index (χ2n) is 6.38. The highest BCUT2D eigenvalue weighted by Gasteiger charge is 2.24. The third-order valence-electron chi connectivity index (χ3n) is 3.98. The smallest absolute Gasteiger partial charge is 0.185 e. The Balaban J connectivity index is 1.90. The van der Waals surface area contributed by atoms with Gasteiger partial charge in [-0.25, -0.2) is 0 Å². The number of ketones is 1. The van der Waals surface area contributed by atoms with E-state index in [1.807, 2.05) is 38.1 Å². The van der Waals surface area contributed by atoms with Crippen molar-refractivity contribution in [2.75, 3.05) is 7.11 Å². The first-order chi connectivity index (χ1) is 11.9. The standard InChI is InChI=1S/C21H20O4/c1-21(2)13-12-17-19(25-21)11-7-15(20(17)24-3)6-10-18(23)14-4-8-16(22)9-5-14/h4-13,22H,1-3H3. The van der Waals surface area contributed by atoms with Crippen LogP contribution in [-0.2, 0) is 0 Å². The van der Waals surface area contributed by atoms with Crippen LogP contribution in [0.25, 0.3) is 12.2 Å². The van der Waals surface area contributed by atoms with Gasteiger partial charge < -0.3 is 14.6 Å². The fourth-order valence-corrected chi connectivity index (χ4v) is 2.69. The van der Waals surface area contributed by atoms with Crippen molar-refractivity contribution in [1.82, 2.24) is 0 Å². The molecular weight excluding hydrogens is 316 g/mol. The summed E-state index contributed by atoms with van der Waals surface area (Å²) in [5.74, 6) is 1.41. The maximum atomic E-state index is 12.3. The van der Waals surface area contributed by atoms with Gasteiger partial charge in [-0.15, -0.1) is 0 Å². The molecule has 128 valence electrons. The van der Waals surface area contributed by atoms with Crippen LogP contribution in [-0.4, -0.2) is 23.6 Å². The van der Waals surface area contributed by atoms with E-state index in [0.29, 0.717) is 11.3 Å². The van der Waals surface area contributed by atoms with E-state index < -0.39 is 0 Å². The maximum absolute atomic E-state index is 12.3. The lowest BCUT2D eigenvalue weighted by molar-refractivity contribution is 0.104. The van der Waals surface area contributed by atoms with Crippen LogP contribution in [0.3, 0.4) is 0 Å². The summed E-state index contributed by atoms with van der Waals surface area (Å²) in [5.41, 5.74) is 1.81. The van der Waals surface area contributed by atoms with Crippen LogP contribution in [0.1, 0.15) is 35.3 Å². The number of carbonyl (C=O) groups is 1. The van der Waals surface area contributed by atoms with Crippen molar-refractivity contribution >= 4 is 17.9 Å². The molecule has 1 aliphatic heterocycles. The third-order valence-corrected chi connectivity index (χ3v) is 3.98. The number of hydrogen-bond acceptors (Lipinski definition) is 4. The monoisotopic (exact) mass is 336 g/mol. The van der Waals surface area contributed by atoms with E-state index in [9.17, 15) is 9.90 Å². The Morgan fingerprint density at radius 2 is 1.88 bits per heavy atom. The van der Waals surface area contributed by atoms with Gasteiger partial charge in [0, 0.05) is 11.1 Å². The summed E-state index contributed by atoms with van der Waals surface area (Å²) in [4.78, 5) is 12.3. The molecule has 25 heavy (non-hydrogen) atoms. The van der Waals surface area contributed by atoms with Crippen molar-refractivity contribution in [2.24, 2.45) is 0 Å². The second-order valence-corrected chi connectivity index (χ2v) is 6.38. The third kappa shape index (κ3) is 3.58. The number of carbonyl (C=O) groups excluding carboxylic acids is 1. The molecule has 1 aliphatic rings. The molecular formula is C21H20O4. The van der Waals surface area contributed by atoms with E-state index in [2.05, 4.69) is 0 Å². The normalized spacial score (nSPS) is 14.8. The van der Waals surface area contributed by atoms with E-state index in [4.69, 9.17) is 9.47 Å². The van der Waals surface area contributed by atoms with Crippen LogP contribution in [0.4, 0.5) is 0 Å². The predicted molar refractivity (Wildman–Crippen MR) is 98.2 cm³/mol. The Morgan fingerprint density at radius 1 is 1.16 bits per heavy atom. The molecule has 0 bridgehead atoms. The predicted octanol–water partition coefficient (Wildman–Crippen LogP) is 4.48. The summed E-state index contributed by atoms with van der Waals surface area (Å²) in [6.07, 6.45) is 7.18. The average Bonchev–Trinajstić information content (AvgIpc) is 2.59. The minimum absolute atomic E-state index is 0.131. The number of ether oxygens (including phenoxy) is 2. The average molecular weight is 336 g/mol. The van der Waals surface area contributed by atoms with E-state index in [1.165, 1.54) is 18.2 Å². The van der Waals surface area contributed by atoms with E-state index >= 15 is 0 Å². The number of aromatic hydroxyl groups is 1. The Kier molecular flexibility index (Phi) is 4.36. The van der Waals surface area contributed by atoms with Crippen LogP contribution < -0.4 is 9.47 Å². The van der Waals surface area contributed by atoms with Crippen molar-refractivity contribution < 1.29 is 19.4 Å². The van der Waals surface area contributed by atoms with Gasteiger partial charge in [0.25, 0.3) is 0 Å². The minimum atomic E-state index is -0.357. The first kappa shape index (κ1) is 16.8. The van der Waals surface area contributed by atoms with Gasteiger partial charge in [0.05, 0.1) is 12.7 Å². The summed E-state index contributed by atoms with van der Waals surface area (Å²) in [7, 11) is 1.60. The molecule has 0 aromatic heterocycles. The number of hydrogen-bond donors (Lipinski definition) is 1. The molecule has 0 saturated heterocycles. The van der Waals surface area contributed by atoms with E-state index in [0.717, 1.165) is 16.9 Å². The Bertz CT molecular complexity index is 858. The van der Waals surface area contributed by atoms with Gasteiger partial charge in [0.1, 0.15) is 22.8 Å². The van der Waals surface area contributed by atoms with E-state index in [-0.39, 0.29) is 17.1 Å². The van der Waals surface area contributed by atoms with Gasteiger partial charge in [0.15, 0.2) is 5.78 Å². The number of allylic oxidation sites excluding steroid dienone is 1. The Labute approximate surface area is 147 Å². The number of rotatable bonds is 4. The van der Waals surface area contributed by atoms with Crippen LogP contribution in [0.5, 0.6) is 17.2 Å². The molecule has 0 spiro atoms. The summed E-state index contributed by atoms with van der Waals surface area (Å²) in [6, 6.07) is 9.91. The van der Waals surface area contributed by atoms with Gasteiger partial charge in [-0.3, -0.25) is 4.79 Å². The van der Waals surface area contributed by atoms with Crippen molar-refractivity contribution in [3.63, 3.8) is 0 Å². The molecule has 0 atom stereocenters. The molecule has 1 N–H and O–H groups in total. The molecule has 0 saturated carbocycles. The Hall–Kier alpha value is -3.01. The Morgan fingerprint density at radius 3 is 2.56 bits per heavy atom. The molecule has 0 amide bonds. The molecule has 4 heteroatoms. The minimum Gasteiger partial charge on any atom is -0.508 e. The zero-order chi connectivity index (χ0) is 18.0. The zero-order valence-electron chi connectivity index (χ0n) is 14.4. The maximum Gasteiger partial charge on any atom is 0.185 e. The SMILES string of the molecule is COc1c(C=CC(=O)c2ccc(O)cc2)ccc2c1C=CC(C)(C)O2. The lowest BCUT2D eigenvalue weighted by Gasteiger charge is -2.29. The highest BCUT2D eigenvalue weighted by molar-refractivity contribution is 6.07. The number of fused-ring (bicyclic) bond motifs is 1. The quantitative estimate of drug-likeness (QED) is 0.660. The molecule has 2 aromatic rings. The lowest BCUT2D eigenvalue weighted by atomic mass is 9.99. The van der Waals surface area contributed by atoms with Crippen LogP contribution in [0, 0.1) is 0 Å². The van der Waals surface area contributed by atoms with Crippen molar-refractivity contribution in [1.29, 1.82) is 0 Å². The molecule has 1 heterocycles. The van der Waals surface area contributed by atoms with Gasteiger partial charge in [-0.05, 0) is 74.5 Å². The topological polar surface area (TPSA) is 55.8 Å². The molecule has 0 radical (unpaired) electrons. The number of phenolic OH excluding ortho intramolecular Hbond substituents is 1. The van der Waals surface area contributed by atoms with Crippen LogP contribution in [0.15, 0.2) is 48.6 Å². The van der Waals surface area contributed by atoms with Crippen LogP contribution >= 0.6 is 0 Å². The fourth-order valence-electron chi connectivity index (χ4n) is 2.69. The first-order valence-electron chi connectivity index (χ1n) is 8.00.